The van der Waals surface area contributed by atoms with Crippen molar-refractivity contribution in [1.29, 1.82) is 0 Å². The number of nitrogens with zero attached hydrogens (tertiary/aromatic N) is 2. The number of aliphatic imine (C=N–C) groups is 1. The highest BCUT2D eigenvalue weighted by Crippen LogP contribution is 2.28. The van der Waals surface area contributed by atoms with Gasteiger partial charge >= 0.3 is 0 Å². The molecule has 2 N–H and O–H groups in total. The van der Waals surface area contributed by atoms with E-state index < -0.39 is 0 Å². The molecule has 0 aromatic heterocycles. The fourth-order valence-electron chi connectivity index (χ4n) is 3.41. The number of hydrogen-bond donors (Lipinski definition) is 2. The van der Waals surface area contributed by atoms with Crippen molar-refractivity contribution in [3.63, 3.8) is 0 Å². The Kier molecular flexibility index (Phi) is 9.15. The Hall–Kier alpha value is -0.860. The molecule has 1 aliphatic carbocycles. The van der Waals surface area contributed by atoms with E-state index in [0.717, 1.165) is 51.1 Å². The smallest absolute Gasteiger partial charge is 0.191 e. The van der Waals surface area contributed by atoms with E-state index in [1.807, 2.05) is 7.05 Å². The van der Waals surface area contributed by atoms with Gasteiger partial charge in [-0.3, -0.25) is 9.89 Å². The average molecular weight is 472 g/mol. The van der Waals surface area contributed by atoms with Crippen LogP contribution in [0.2, 0.25) is 0 Å². The zero-order valence-corrected chi connectivity index (χ0v) is 18.3. The van der Waals surface area contributed by atoms with Crippen LogP contribution in [0.4, 0.5) is 0 Å². The van der Waals surface area contributed by atoms with E-state index in [9.17, 15) is 0 Å². The lowest BCUT2D eigenvalue weighted by Gasteiger charge is -2.21. The number of ether oxygens (including phenoxy) is 1. The van der Waals surface area contributed by atoms with Gasteiger partial charge in [0.25, 0.3) is 0 Å². The molecule has 146 valence electrons. The standard InChI is InChI=1S/C20H32N4O.HI/c1-16-12-19(14-24(16)13-17-6-4-3-5-7-17)23-20(21-2)22-10-11-25-15-18-8-9-18;/h3-7,16,18-19H,8-15H2,1-2H3,(H2,21,22,23);1H. The van der Waals surface area contributed by atoms with Crippen LogP contribution >= 0.6 is 24.0 Å². The molecule has 5 nitrogen and oxygen atoms in total. The molecule has 1 saturated carbocycles. The second-order valence-electron chi connectivity index (χ2n) is 7.36. The van der Waals surface area contributed by atoms with Crippen LogP contribution in [0.3, 0.4) is 0 Å². The fourth-order valence-corrected chi connectivity index (χ4v) is 3.41. The highest BCUT2D eigenvalue weighted by Gasteiger charge is 2.29. The van der Waals surface area contributed by atoms with Crippen LogP contribution in [0, 0.1) is 5.92 Å². The van der Waals surface area contributed by atoms with Gasteiger partial charge in [-0.25, -0.2) is 0 Å². The van der Waals surface area contributed by atoms with Crippen molar-refractivity contribution in [2.45, 2.75) is 44.8 Å². The third-order valence-electron chi connectivity index (χ3n) is 5.09. The molecule has 0 radical (unpaired) electrons. The maximum atomic E-state index is 5.67. The van der Waals surface area contributed by atoms with Gasteiger partial charge in [0.15, 0.2) is 5.96 Å². The summed E-state index contributed by atoms with van der Waals surface area (Å²) in [6.45, 7) is 6.85. The molecule has 0 amide bonds. The van der Waals surface area contributed by atoms with Crippen molar-refractivity contribution in [1.82, 2.24) is 15.5 Å². The number of benzene rings is 1. The molecule has 6 heteroatoms. The molecule has 1 saturated heterocycles. The Balaban J connectivity index is 0.00000243. The number of nitrogens with one attached hydrogen (secondary N) is 2. The van der Waals surface area contributed by atoms with Gasteiger partial charge in [0.1, 0.15) is 0 Å². The summed E-state index contributed by atoms with van der Waals surface area (Å²) < 4.78 is 5.67. The second-order valence-corrected chi connectivity index (χ2v) is 7.36. The summed E-state index contributed by atoms with van der Waals surface area (Å²) in [7, 11) is 1.83. The van der Waals surface area contributed by atoms with Crippen molar-refractivity contribution < 1.29 is 4.74 Å². The van der Waals surface area contributed by atoms with Crippen molar-refractivity contribution in [3.8, 4) is 0 Å². The normalized spacial score (nSPS) is 23.5. The van der Waals surface area contributed by atoms with Crippen LogP contribution < -0.4 is 10.6 Å². The molecule has 2 fully saturated rings. The first-order valence-electron chi connectivity index (χ1n) is 9.57. The van der Waals surface area contributed by atoms with Crippen LogP contribution in [0.1, 0.15) is 31.7 Å². The van der Waals surface area contributed by atoms with E-state index >= 15 is 0 Å². The van der Waals surface area contributed by atoms with Crippen LogP contribution in [0.15, 0.2) is 35.3 Å². The molecule has 2 atom stereocenters. The minimum Gasteiger partial charge on any atom is -0.379 e. The molecule has 1 aromatic carbocycles. The lowest BCUT2D eigenvalue weighted by atomic mass is 10.2. The zero-order chi connectivity index (χ0) is 17.5. The predicted octanol–water partition coefficient (Wildman–Crippen LogP) is 2.86. The minimum absolute atomic E-state index is 0. The number of halogens is 1. The summed E-state index contributed by atoms with van der Waals surface area (Å²) >= 11 is 0. The van der Waals surface area contributed by atoms with Gasteiger partial charge in [0.2, 0.25) is 0 Å². The van der Waals surface area contributed by atoms with Gasteiger partial charge in [-0.1, -0.05) is 30.3 Å². The van der Waals surface area contributed by atoms with Crippen LogP contribution in [-0.4, -0.2) is 56.3 Å². The van der Waals surface area contributed by atoms with E-state index in [1.54, 1.807) is 0 Å². The SMILES string of the molecule is CN=C(NCCOCC1CC1)NC1CC(C)N(Cc2ccccc2)C1.I. The topological polar surface area (TPSA) is 48.9 Å². The van der Waals surface area contributed by atoms with E-state index in [2.05, 4.69) is 57.8 Å². The molecule has 3 rings (SSSR count). The molecular weight excluding hydrogens is 439 g/mol. The van der Waals surface area contributed by atoms with E-state index in [-0.39, 0.29) is 24.0 Å². The molecule has 26 heavy (non-hydrogen) atoms. The van der Waals surface area contributed by atoms with E-state index in [0.29, 0.717) is 12.1 Å². The summed E-state index contributed by atoms with van der Waals surface area (Å²) in [6.07, 6.45) is 3.83. The van der Waals surface area contributed by atoms with Crippen molar-refractivity contribution in [2.75, 3.05) is 33.4 Å². The summed E-state index contributed by atoms with van der Waals surface area (Å²) in [5.41, 5.74) is 1.38. The third kappa shape index (κ3) is 7.04. The summed E-state index contributed by atoms with van der Waals surface area (Å²) in [5, 5.41) is 6.93. The Morgan fingerprint density at radius 2 is 2.04 bits per heavy atom. The Morgan fingerprint density at radius 3 is 2.73 bits per heavy atom. The first-order valence-corrected chi connectivity index (χ1v) is 9.57. The Bertz CT molecular complexity index is 550. The van der Waals surface area contributed by atoms with Crippen LogP contribution in [-0.2, 0) is 11.3 Å². The van der Waals surface area contributed by atoms with Crippen LogP contribution in [0.5, 0.6) is 0 Å². The Morgan fingerprint density at radius 1 is 1.27 bits per heavy atom. The van der Waals surface area contributed by atoms with E-state index in [1.165, 1.54) is 18.4 Å². The van der Waals surface area contributed by atoms with E-state index in [4.69, 9.17) is 4.74 Å². The van der Waals surface area contributed by atoms with Gasteiger partial charge < -0.3 is 15.4 Å². The van der Waals surface area contributed by atoms with Crippen molar-refractivity contribution in [2.24, 2.45) is 10.9 Å². The Labute approximate surface area is 175 Å². The number of hydrogen-bond acceptors (Lipinski definition) is 3. The number of likely N-dealkylation sites (tertiary alicyclic amines) is 1. The molecule has 0 bridgehead atoms. The highest BCUT2D eigenvalue weighted by atomic mass is 127. The van der Waals surface area contributed by atoms with Crippen molar-refractivity contribution in [3.05, 3.63) is 35.9 Å². The zero-order valence-electron chi connectivity index (χ0n) is 16.0. The predicted molar refractivity (Wildman–Crippen MR) is 118 cm³/mol. The fraction of sp³-hybridized carbons (Fsp3) is 0.650. The molecule has 1 aromatic rings. The van der Waals surface area contributed by atoms with Gasteiger partial charge in [0, 0.05) is 45.4 Å². The first-order chi connectivity index (χ1) is 12.2. The second kappa shape index (κ2) is 11.1. The monoisotopic (exact) mass is 472 g/mol. The maximum absolute atomic E-state index is 5.67. The molecule has 1 heterocycles. The van der Waals surface area contributed by atoms with Crippen molar-refractivity contribution >= 4 is 29.9 Å². The number of rotatable bonds is 8. The molecular formula is C20H33IN4O. The van der Waals surface area contributed by atoms with Gasteiger partial charge in [-0.15, -0.1) is 24.0 Å². The lowest BCUT2D eigenvalue weighted by Crippen LogP contribution is -2.45. The lowest BCUT2D eigenvalue weighted by molar-refractivity contribution is 0.129. The largest absolute Gasteiger partial charge is 0.379 e. The first kappa shape index (κ1) is 21.4. The molecule has 0 spiro atoms. The highest BCUT2D eigenvalue weighted by molar-refractivity contribution is 14.0. The summed E-state index contributed by atoms with van der Waals surface area (Å²) in [5.74, 6) is 1.71. The van der Waals surface area contributed by atoms with Gasteiger partial charge in [0.05, 0.1) is 6.61 Å². The van der Waals surface area contributed by atoms with Crippen LogP contribution in [0.25, 0.3) is 0 Å². The maximum Gasteiger partial charge on any atom is 0.191 e. The minimum atomic E-state index is 0. The molecule has 2 aliphatic rings. The average Bonchev–Trinajstić information content (AvgIpc) is 3.38. The molecule has 2 unspecified atom stereocenters. The molecule has 1 aliphatic heterocycles. The number of guanidine groups is 1. The quantitative estimate of drug-likeness (QED) is 0.265. The third-order valence-corrected chi connectivity index (χ3v) is 5.09. The van der Waals surface area contributed by atoms with Gasteiger partial charge in [-0.05, 0) is 37.7 Å². The van der Waals surface area contributed by atoms with Gasteiger partial charge in [-0.2, -0.15) is 0 Å². The summed E-state index contributed by atoms with van der Waals surface area (Å²) in [4.78, 5) is 6.89. The summed E-state index contributed by atoms with van der Waals surface area (Å²) in [6, 6.07) is 11.7.